The fourth-order valence-corrected chi connectivity index (χ4v) is 1.44. The monoisotopic (exact) mass is 256 g/mol. The third-order valence-electron chi connectivity index (χ3n) is 2.13. The fourth-order valence-electron chi connectivity index (χ4n) is 1.31. The van der Waals surface area contributed by atoms with Crippen LogP contribution in [0.3, 0.4) is 0 Å². The van der Waals surface area contributed by atoms with E-state index in [0.717, 1.165) is 5.56 Å². The van der Waals surface area contributed by atoms with Gasteiger partial charge < -0.3 is 10.6 Å². The molecule has 0 aliphatic heterocycles. The highest BCUT2D eigenvalue weighted by atomic mass is 35.5. The van der Waals surface area contributed by atoms with Gasteiger partial charge in [-0.25, -0.2) is 0 Å². The van der Waals surface area contributed by atoms with E-state index in [1.807, 2.05) is 38.1 Å². The molecule has 3 nitrogen and oxygen atoms in total. The Labute approximate surface area is 109 Å². The van der Waals surface area contributed by atoms with Crippen LogP contribution in [0.15, 0.2) is 24.3 Å². The lowest BCUT2D eigenvalue weighted by Gasteiger charge is -2.20. The Kier molecular flexibility index (Phi) is 8.46. The molecule has 1 amide bonds. The van der Waals surface area contributed by atoms with E-state index in [-0.39, 0.29) is 5.91 Å². The molecule has 1 rings (SSSR count). The van der Waals surface area contributed by atoms with Crippen molar-refractivity contribution in [1.82, 2.24) is 4.90 Å². The number of amides is 1. The molecule has 0 radical (unpaired) electrons. The zero-order valence-electron chi connectivity index (χ0n) is 10.7. The van der Waals surface area contributed by atoms with E-state index in [4.69, 9.17) is 17.3 Å². The van der Waals surface area contributed by atoms with Crippen molar-refractivity contribution >= 4 is 17.5 Å². The molecule has 2 N–H and O–H groups in total. The maximum absolute atomic E-state index is 11.2. The summed E-state index contributed by atoms with van der Waals surface area (Å²) in [4.78, 5) is 13.0. The molecule has 1 aromatic rings. The first-order valence-electron chi connectivity index (χ1n) is 5.83. The fraction of sp³-hybridized carbons (Fsp3) is 0.462. The molecule has 96 valence electrons. The second-order valence-corrected chi connectivity index (χ2v) is 3.79. The van der Waals surface area contributed by atoms with Crippen LogP contribution in [0.2, 0.25) is 5.02 Å². The zero-order chi connectivity index (χ0) is 13.3. The summed E-state index contributed by atoms with van der Waals surface area (Å²) in [7, 11) is 0. The summed E-state index contributed by atoms with van der Waals surface area (Å²) in [6, 6.07) is 7.46. The number of benzene rings is 1. The minimum atomic E-state index is 0.0374. The van der Waals surface area contributed by atoms with E-state index in [0.29, 0.717) is 24.7 Å². The molecule has 4 heteroatoms. The van der Waals surface area contributed by atoms with Crippen LogP contribution >= 0.6 is 11.6 Å². The van der Waals surface area contributed by atoms with Gasteiger partial charge in [0.05, 0.1) is 0 Å². The van der Waals surface area contributed by atoms with E-state index in [9.17, 15) is 4.79 Å². The van der Waals surface area contributed by atoms with Crippen molar-refractivity contribution in [1.29, 1.82) is 0 Å². The van der Waals surface area contributed by atoms with Crippen molar-refractivity contribution < 1.29 is 4.79 Å². The average Bonchev–Trinajstić information content (AvgIpc) is 2.34. The van der Waals surface area contributed by atoms with Gasteiger partial charge in [-0.1, -0.05) is 37.6 Å². The van der Waals surface area contributed by atoms with Crippen LogP contribution in [0.25, 0.3) is 0 Å². The summed E-state index contributed by atoms with van der Waals surface area (Å²) in [5.41, 5.74) is 6.49. The Morgan fingerprint density at radius 1 is 1.29 bits per heavy atom. The number of carbonyl (C=O) groups is 1. The maximum Gasteiger partial charge on any atom is 0.219 e. The standard InChI is InChI=1S/C11H15ClN2O.C2H6/c1-9(15)14(7-6-13)8-10-2-4-11(12)5-3-10;1-2/h2-5H,6-8,13H2,1H3;1-2H3. The predicted molar refractivity (Wildman–Crippen MR) is 72.9 cm³/mol. The molecule has 0 spiro atoms. The molecule has 0 unspecified atom stereocenters. The lowest BCUT2D eigenvalue weighted by Crippen LogP contribution is -2.32. The predicted octanol–water partition coefficient (Wildman–Crippen LogP) is 2.67. The van der Waals surface area contributed by atoms with Crippen molar-refractivity contribution in [2.24, 2.45) is 5.73 Å². The van der Waals surface area contributed by atoms with Gasteiger partial charge in [0.2, 0.25) is 5.91 Å². The number of nitrogens with two attached hydrogens (primary N) is 1. The van der Waals surface area contributed by atoms with Crippen LogP contribution in [-0.2, 0) is 11.3 Å². The third-order valence-corrected chi connectivity index (χ3v) is 2.38. The van der Waals surface area contributed by atoms with E-state index in [1.165, 1.54) is 0 Å². The molecule has 0 saturated heterocycles. The number of rotatable bonds is 4. The van der Waals surface area contributed by atoms with Gasteiger partial charge in [-0.2, -0.15) is 0 Å². The molecule has 17 heavy (non-hydrogen) atoms. The minimum absolute atomic E-state index is 0.0374. The SMILES string of the molecule is CC.CC(=O)N(CCN)Cc1ccc(Cl)cc1. The van der Waals surface area contributed by atoms with Gasteiger partial charge in [0.25, 0.3) is 0 Å². The van der Waals surface area contributed by atoms with E-state index < -0.39 is 0 Å². The van der Waals surface area contributed by atoms with Crippen molar-refractivity contribution in [3.63, 3.8) is 0 Å². The molecule has 0 fully saturated rings. The molecule has 0 heterocycles. The quantitative estimate of drug-likeness (QED) is 0.900. The summed E-state index contributed by atoms with van der Waals surface area (Å²) in [6.07, 6.45) is 0. The highest BCUT2D eigenvalue weighted by molar-refractivity contribution is 6.30. The summed E-state index contributed by atoms with van der Waals surface area (Å²) < 4.78 is 0. The van der Waals surface area contributed by atoms with Crippen molar-refractivity contribution in [3.05, 3.63) is 34.9 Å². The van der Waals surface area contributed by atoms with Crippen LogP contribution in [0.1, 0.15) is 26.3 Å². The van der Waals surface area contributed by atoms with Gasteiger partial charge in [0.1, 0.15) is 0 Å². The van der Waals surface area contributed by atoms with Crippen LogP contribution in [0.5, 0.6) is 0 Å². The van der Waals surface area contributed by atoms with Crippen LogP contribution in [-0.4, -0.2) is 23.9 Å². The minimum Gasteiger partial charge on any atom is -0.337 e. The third kappa shape index (κ3) is 6.29. The lowest BCUT2D eigenvalue weighted by molar-refractivity contribution is -0.129. The zero-order valence-corrected chi connectivity index (χ0v) is 11.5. The molecule has 0 aliphatic rings. The van der Waals surface area contributed by atoms with Gasteiger partial charge in [-0.3, -0.25) is 4.79 Å². The molecule has 0 aliphatic carbocycles. The van der Waals surface area contributed by atoms with E-state index in [2.05, 4.69) is 0 Å². The van der Waals surface area contributed by atoms with E-state index in [1.54, 1.807) is 11.8 Å². The Balaban J connectivity index is 0.00000121. The molecule has 0 bridgehead atoms. The first-order valence-corrected chi connectivity index (χ1v) is 6.21. The van der Waals surface area contributed by atoms with Crippen molar-refractivity contribution in [3.8, 4) is 0 Å². The average molecular weight is 257 g/mol. The van der Waals surface area contributed by atoms with E-state index >= 15 is 0 Å². The Morgan fingerprint density at radius 2 is 1.82 bits per heavy atom. The molecule has 1 aromatic carbocycles. The smallest absolute Gasteiger partial charge is 0.219 e. The Hall–Kier alpha value is -1.06. The second-order valence-electron chi connectivity index (χ2n) is 3.36. The maximum atomic E-state index is 11.2. The van der Waals surface area contributed by atoms with Crippen molar-refractivity contribution in [2.45, 2.75) is 27.3 Å². The number of nitrogens with zero attached hydrogens (tertiary/aromatic N) is 1. The normalized spacial score (nSPS) is 9.24. The Morgan fingerprint density at radius 3 is 2.24 bits per heavy atom. The second kappa shape index (κ2) is 9.02. The Bertz CT molecular complexity index is 325. The number of carbonyl (C=O) groups excluding carboxylic acids is 1. The molecule has 0 aromatic heterocycles. The molecular formula is C13H21ClN2O. The molecule has 0 saturated carbocycles. The van der Waals surface area contributed by atoms with Crippen molar-refractivity contribution in [2.75, 3.05) is 13.1 Å². The van der Waals surface area contributed by atoms with Crippen LogP contribution < -0.4 is 5.73 Å². The highest BCUT2D eigenvalue weighted by Crippen LogP contribution is 2.11. The molecule has 0 atom stereocenters. The molecular weight excluding hydrogens is 236 g/mol. The lowest BCUT2D eigenvalue weighted by atomic mass is 10.2. The summed E-state index contributed by atoms with van der Waals surface area (Å²) in [5, 5.41) is 0.701. The topological polar surface area (TPSA) is 46.3 Å². The van der Waals surface area contributed by atoms with Crippen LogP contribution in [0, 0.1) is 0 Å². The van der Waals surface area contributed by atoms with Gasteiger partial charge in [-0.05, 0) is 17.7 Å². The van der Waals surface area contributed by atoms with Crippen LogP contribution in [0.4, 0.5) is 0 Å². The number of halogens is 1. The van der Waals surface area contributed by atoms with Gasteiger partial charge in [0.15, 0.2) is 0 Å². The summed E-state index contributed by atoms with van der Waals surface area (Å²) in [6.45, 7) is 7.19. The summed E-state index contributed by atoms with van der Waals surface area (Å²) >= 11 is 5.77. The first kappa shape index (κ1) is 15.9. The largest absolute Gasteiger partial charge is 0.337 e. The number of hydrogen-bond acceptors (Lipinski definition) is 2. The summed E-state index contributed by atoms with van der Waals surface area (Å²) in [5.74, 6) is 0.0374. The highest BCUT2D eigenvalue weighted by Gasteiger charge is 2.07. The van der Waals surface area contributed by atoms with Gasteiger partial charge in [0, 0.05) is 31.6 Å². The van der Waals surface area contributed by atoms with Gasteiger partial charge >= 0.3 is 0 Å². The van der Waals surface area contributed by atoms with Gasteiger partial charge in [-0.15, -0.1) is 0 Å². The number of hydrogen-bond donors (Lipinski definition) is 1. The first-order chi connectivity index (χ1) is 8.13.